The number of hydrogen-bond donors (Lipinski definition) is 2. The molecule has 1 amide bonds. The zero-order chi connectivity index (χ0) is 14.8. The van der Waals surface area contributed by atoms with Crippen molar-refractivity contribution in [3.05, 3.63) is 0 Å². The van der Waals surface area contributed by atoms with Crippen LogP contribution < -0.4 is 10.0 Å². The Morgan fingerprint density at radius 3 is 2.50 bits per heavy atom. The molecule has 2 aliphatic rings. The van der Waals surface area contributed by atoms with Gasteiger partial charge in [-0.25, -0.2) is 13.1 Å². The number of Topliss-reactive ketones (excluding diaryl/α,β-unsaturated/α-hetero) is 1. The molecule has 2 N–H and O–H groups in total. The molecule has 2 unspecified atom stereocenters. The van der Waals surface area contributed by atoms with E-state index in [0.717, 1.165) is 31.9 Å². The summed E-state index contributed by atoms with van der Waals surface area (Å²) in [7, 11) is -3.22. The smallest absolute Gasteiger partial charge is 0.224 e. The van der Waals surface area contributed by atoms with Gasteiger partial charge < -0.3 is 5.32 Å². The number of ketones is 1. The van der Waals surface area contributed by atoms with E-state index in [0.29, 0.717) is 19.4 Å². The average molecular weight is 302 g/mol. The number of rotatable bonds is 5. The van der Waals surface area contributed by atoms with Gasteiger partial charge >= 0.3 is 0 Å². The summed E-state index contributed by atoms with van der Waals surface area (Å²) in [6, 6.07) is -0.0953. The quantitative estimate of drug-likeness (QED) is 0.758. The van der Waals surface area contributed by atoms with Crippen LogP contribution in [0, 0.1) is 11.8 Å². The van der Waals surface area contributed by atoms with Gasteiger partial charge in [0.1, 0.15) is 5.78 Å². The molecule has 0 aromatic heterocycles. The molecule has 0 bridgehead atoms. The molecule has 2 atom stereocenters. The van der Waals surface area contributed by atoms with E-state index in [1.54, 1.807) is 0 Å². The second-order valence-corrected chi connectivity index (χ2v) is 7.71. The van der Waals surface area contributed by atoms with Crippen molar-refractivity contribution in [3.8, 4) is 0 Å². The highest BCUT2D eigenvalue weighted by atomic mass is 32.2. The number of carbonyl (C=O) groups excluding carboxylic acids is 2. The maximum Gasteiger partial charge on any atom is 0.224 e. The summed E-state index contributed by atoms with van der Waals surface area (Å²) in [5.74, 6) is 0.0262. The molecule has 0 heterocycles. The van der Waals surface area contributed by atoms with Crippen LogP contribution in [0.15, 0.2) is 0 Å². The molecular formula is C13H22N2O4S. The number of amides is 1. The van der Waals surface area contributed by atoms with E-state index >= 15 is 0 Å². The van der Waals surface area contributed by atoms with Gasteiger partial charge in [-0.1, -0.05) is 12.8 Å². The predicted octanol–water partition coefficient (Wildman–Crippen LogP) is 0.190. The van der Waals surface area contributed by atoms with Gasteiger partial charge in [0.2, 0.25) is 15.9 Å². The van der Waals surface area contributed by atoms with Crippen molar-refractivity contribution in [2.45, 2.75) is 44.6 Å². The standard InChI is InChI=1S/C13H22N2O4S/c1-20(18,19)15-12-5-3-2-4-9(12)8-14-13(17)10-6-11(16)7-10/h9-10,12,15H,2-8H2,1H3,(H,14,17). The van der Waals surface area contributed by atoms with Crippen molar-refractivity contribution in [2.75, 3.05) is 12.8 Å². The Morgan fingerprint density at radius 2 is 1.90 bits per heavy atom. The van der Waals surface area contributed by atoms with Crippen LogP contribution in [-0.2, 0) is 19.6 Å². The molecule has 20 heavy (non-hydrogen) atoms. The van der Waals surface area contributed by atoms with E-state index in [1.807, 2.05) is 0 Å². The minimum atomic E-state index is -3.22. The van der Waals surface area contributed by atoms with E-state index in [4.69, 9.17) is 0 Å². The van der Waals surface area contributed by atoms with Crippen molar-refractivity contribution in [1.82, 2.24) is 10.0 Å². The fourth-order valence-corrected chi connectivity index (χ4v) is 3.79. The minimum Gasteiger partial charge on any atom is -0.356 e. The molecule has 114 valence electrons. The zero-order valence-electron chi connectivity index (χ0n) is 11.7. The first-order valence-corrected chi connectivity index (χ1v) is 9.01. The summed E-state index contributed by atoms with van der Waals surface area (Å²) in [5.41, 5.74) is 0. The maximum absolute atomic E-state index is 11.8. The van der Waals surface area contributed by atoms with E-state index in [9.17, 15) is 18.0 Å². The third-order valence-electron chi connectivity index (χ3n) is 4.13. The highest BCUT2D eigenvalue weighted by molar-refractivity contribution is 7.88. The molecule has 2 fully saturated rings. The molecule has 2 saturated carbocycles. The van der Waals surface area contributed by atoms with Crippen LogP contribution in [-0.4, -0.2) is 39.0 Å². The minimum absolute atomic E-state index is 0.0757. The Hall–Kier alpha value is -0.950. The highest BCUT2D eigenvalue weighted by Gasteiger charge is 2.34. The molecule has 0 saturated heterocycles. The first-order chi connectivity index (χ1) is 9.35. The summed E-state index contributed by atoms with van der Waals surface area (Å²) in [5, 5.41) is 2.86. The van der Waals surface area contributed by atoms with Gasteiger partial charge in [-0.15, -0.1) is 0 Å². The zero-order valence-corrected chi connectivity index (χ0v) is 12.5. The summed E-state index contributed by atoms with van der Waals surface area (Å²) in [4.78, 5) is 22.7. The van der Waals surface area contributed by atoms with Crippen LogP contribution in [0.5, 0.6) is 0 Å². The summed E-state index contributed by atoms with van der Waals surface area (Å²) in [6.45, 7) is 0.483. The highest BCUT2D eigenvalue weighted by Crippen LogP contribution is 2.26. The molecule has 2 rings (SSSR count). The van der Waals surface area contributed by atoms with E-state index < -0.39 is 10.0 Å². The first-order valence-electron chi connectivity index (χ1n) is 7.12. The molecule has 0 spiro atoms. The number of hydrogen-bond acceptors (Lipinski definition) is 4. The summed E-state index contributed by atoms with van der Waals surface area (Å²) < 4.78 is 25.4. The van der Waals surface area contributed by atoms with Crippen LogP contribution in [0.25, 0.3) is 0 Å². The van der Waals surface area contributed by atoms with Gasteiger partial charge in [-0.05, 0) is 18.8 Å². The predicted molar refractivity (Wildman–Crippen MR) is 74.5 cm³/mol. The topological polar surface area (TPSA) is 92.3 Å². The Kier molecular flexibility index (Phi) is 4.80. The second kappa shape index (κ2) is 6.22. The van der Waals surface area contributed by atoms with Gasteiger partial charge in [-0.3, -0.25) is 9.59 Å². The normalized spacial score (nSPS) is 27.9. The van der Waals surface area contributed by atoms with Crippen LogP contribution in [0.1, 0.15) is 38.5 Å². The lowest BCUT2D eigenvalue weighted by Gasteiger charge is -2.32. The van der Waals surface area contributed by atoms with Gasteiger partial charge in [0.15, 0.2) is 0 Å². The lowest BCUT2D eigenvalue weighted by atomic mass is 9.82. The van der Waals surface area contributed by atoms with Crippen molar-refractivity contribution in [1.29, 1.82) is 0 Å². The molecule has 0 aromatic carbocycles. The molecule has 0 radical (unpaired) electrons. The van der Waals surface area contributed by atoms with Crippen LogP contribution in [0.4, 0.5) is 0 Å². The van der Waals surface area contributed by atoms with Gasteiger partial charge in [-0.2, -0.15) is 0 Å². The lowest BCUT2D eigenvalue weighted by Crippen LogP contribution is -2.47. The van der Waals surface area contributed by atoms with Gasteiger partial charge in [0.25, 0.3) is 0 Å². The monoisotopic (exact) mass is 302 g/mol. The van der Waals surface area contributed by atoms with Crippen LogP contribution in [0.2, 0.25) is 0 Å². The van der Waals surface area contributed by atoms with Gasteiger partial charge in [0.05, 0.1) is 12.2 Å². The van der Waals surface area contributed by atoms with Crippen LogP contribution >= 0.6 is 0 Å². The Bertz CT molecular complexity index is 481. The van der Waals surface area contributed by atoms with Crippen molar-refractivity contribution in [3.63, 3.8) is 0 Å². The fourth-order valence-electron chi connectivity index (χ4n) is 2.93. The van der Waals surface area contributed by atoms with Crippen molar-refractivity contribution in [2.24, 2.45) is 11.8 Å². The summed E-state index contributed by atoms with van der Waals surface area (Å²) in [6.07, 6.45) is 5.66. The third-order valence-corrected chi connectivity index (χ3v) is 4.86. The number of sulfonamides is 1. The second-order valence-electron chi connectivity index (χ2n) is 5.93. The molecular weight excluding hydrogens is 280 g/mol. The van der Waals surface area contributed by atoms with E-state index in [-0.39, 0.29) is 29.6 Å². The molecule has 0 aromatic rings. The van der Waals surface area contributed by atoms with Crippen molar-refractivity contribution >= 4 is 21.7 Å². The summed E-state index contributed by atoms with van der Waals surface area (Å²) >= 11 is 0. The Balaban J connectivity index is 1.82. The number of carbonyl (C=O) groups is 2. The molecule has 0 aliphatic heterocycles. The van der Waals surface area contributed by atoms with Crippen LogP contribution in [0.3, 0.4) is 0 Å². The maximum atomic E-state index is 11.8. The van der Waals surface area contributed by atoms with E-state index in [1.165, 1.54) is 0 Å². The largest absolute Gasteiger partial charge is 0.356 e. The lowest BCUT2D eigenvalue weighted by molar-refractivity contribution is -0.138. The molecule has 7 heteroatoms. The SMILES string of the molecule is CS(=O)(=O)NC1CCCCC1CNC(=O)C1CC(=O)C1. The van der Waals surface area contributed by atoms with E-state index in [2.05, 4.69) is 10.0 Å². The first kappa shape index (κ1) is 15.4. The molecule has 6 nitrogen and oxygen atoms in total. The number of nitrogens with one attached hydrogen (secondary N) is 2. The molecule has 2 aliphatic carbocycles. The van der Waals surface area contributed by atoms with Crippen molar-refractivity contribution < 1.29 is 18.0 Å². The average Bonchev–Trinajstić information content (AvgIpc) is 2.32. The van der Waals surface area contributed by atoms with Gasteiger partial charge in [0, 0.05) is 25.4 Å². The Labute approximate surface area is 119 Å². The fraction of sp³-hybridized carbons (Fsp3) is 0.846. The Morgan fingerprint density at radius 1 is 1.25 bits per heavy atom. The third kappa shape index (κ3) is 4.28.